The van der Waals surface area contributed by atoms with Gasteiger partial charge in [0.15, 0.2) is 0 Å². The molecule has 0 spiro atoms. The average Bonchev–Trinajstić information content (AvgIpc) is 2.52. The minimum Gasteiger partial charge on any atom is -0.326 e. The van der Waals surface area contributed by atoms with E-state index in [1.54, 1.807) is 12.1 Å². The van der Waals surface area contributed by atoms with E-state index in [-0.39, 0.29) is 23.8 Å². The van der Waals surface area contributed by atoms with Crippen molar-refractivity contribution in [1.29, 1.82) is 0 Å². The molecule has 2 rings (SSSR count). The van der Waals surface area contributed by atoms with Crippen molar-refractivity contribution in [3.05, 3.63) is 58.1 Å². The van der Waals surface area contributed by atoms with Gasteiger partial charge in [-0.15, -0.1) is 0 Å². The van der Waals surface area contributed by atoms with Crippen LogP contribution in [0.3, 0.4) is 0 Å². The first-order valence-electron chi connectivity index (χ1n) is 7.41. The average molecular weight is 411 g/mol. The Balaban J connectivity index is 1.90. The smallest absolute Gasteiger partial charge is 0.240 e. The number of sulfonamides is 1. The van der Waals surface area contributed by atoms with Crippen LogP contribution < -0.4 is 10.0 Å². The third-order valence-corrected chi connectivity index (χ3v) is 5.65. The van der Waals surface area contributed by atoms with Gasteiger partial charge in [0.2, 0.25) is 15.9 Å². The molecule has 1 amide bonds. The highest BCUT2D eigenvalue weighted by molar-refractivity contribution is 9.10. The zero-order valence-corrected chi connectivity index (χ0v) is 15.9. The van der Waals surface area contributed by atoms with Gasteiger partial charge < -0.3 is 5.32 Å². The second-order valence-corrected chi connectivity index (χ2v) is 8.08. The molecular formula is C17H19BrN2O3S. The summed E-state index contributed by atoms with van der Waals surface area (Å²) < 4.78 is 27.5. The van der Waals surface area contributed by atoms with E-state index in [0.717, 1.165) is 21.3 Å². The number of carbonyl (C=O) groups is 1. The van der Waals surface area contributed by atoms with Crippen molar-refractivity contribution < 1.29 is 13.2 Å². The summed E-state index contributed by atoms with van der Waals surface area (Å²) in [4.78, 5) is 12.2. The molecule has 0 radical (unpaired) electrons. The Bertz CT molecular complexity index is 833. The van der Waals surface area contributed by atoms with Gasteiger partial charge in [-0.3, -0.25) is 4.79 Å². The lowest BCUT2D eigenvalue weighted by molar-refractivity contribution is -0.116. The van der Waals surface area contributed by atoms with Crippen molar-refractivity contribution in [2.45, 2.75) is 25.2 Å². The van der Waals surface area contributed by atoms with Crippen molar-refractivity contribution in [3.8, 4) is 0 Å². The van der Waals surface area contributed by atoms with Crippen LogP contribution in [0.2, 0.25) is 0 Å². The van der Waals surface area contributed by atoms with Crippen LogP contribution >= 0.6 is 15.9 Å². The summed E-state index contributed by atoms with van der Waals surface area (Å²) >= 11 is 3.26. The molecular weight excluding hydrogens is 392 g/mol. The third-order valence-electron chi connectivity index (χ3n) is 3.65. The van der Waals surface area contributed by atoms with Gasteiger partial charge >= 0.3 is 0 Å². The van der Waals surface area contributed by atoms with Gasteiger partial charge in [0.05, 0.1) is 4.90 Å². The molecule has 24 heavy (non-hydrogen) atoms. The summed E-state index contributed by atoms with van der Waals surface area (Å²) in [6.07, 6.45) is 0.0587. The maximum absolute atomic E-state index is 12.1. The summed E-state index contributed by atoms with van der Waals surface area (Å²) in [6, 6.07) is 12.0. The highest BCUT2D eigenvalue weighted by atomic mass is 79.9. The van der Waals surface area contributed by atoms with Crippen LogP contribution in [0.4, 0.5) is 5.69 Å². The number of nitrogens with one attached hydrogen (secondary N) is 2. The minimum atomic E-state index is -3.61. The van der Waals surface area contributed by atoms with Crippen LogP contribution in [0.15, 0.2) is 51.8 Å². The predicted molar refractivity (Wildman–Crippen MR) is 98.5 cm³/mol. The summed E-state index contributed by atoms with van der Waals surface area (Å²) in [7, 11) is -3.61. The van der Waals surface area contributed by atoms with Crippen LogP contribution in [0.5, 0.6) is 0 Å². The summed E-state index contributed by atoms with van der Waals surface area (Å²) in [6.45, 7) is 3.94. The molecule has 0 unspecified atom stereocenters. The van der Waals surface area contributed by atoms with Crippen LogP contribution in [0.25, 0.3) is 0 Å². The fourth-order valence-electron chi connectivity index (χ4n) is 2.10. The lowest BCUT2D eigenvalue weighted by Gasteiger charge is -2.11. The second kappa shape index (κ2) is 7.92. The first-order chi connectivity index (χ1) is 11.3. The number of halogens is 1. The Kier molecular flexibility index (Phi) is 6.15. The van der Waals surface area contributed by atoms with Crippen molar-refractivity contribution >= 4 is 37.5 Å². The van der Waals surface area contributed by atoms with E-state index in [9.17, 15) is 13.2 Å². The van der Waals surface area contributed by atoms with Gasteiger partial charge in [0.25, 0.3) is 0 Å². The number of anilines is 1. The first kappa shape index (κ1) is 18.6. The molecule has 0 saturated heterocycles. The molecule has 0 aromatic heterocycles. The maximum atomic E-state index is 12.1. The molecule has 0 fully saturated rings. The van der Waals surface area contributed by atoms with Crippen LogP contribution in [-0.2, 0) is 14.8 Å². The standard InChI is InChI=1S/C17H19BrN2O3S/c1-12-4-3-5-16(13(12)2)20-17(21)10-11-19-24(22,23)15-8-6-14(18)7-9-15/h3-9,19H,10-11H2,1-2H3,(H,20,21). The topological polar surface area (TPSA) is 75.3 Å². The monoisotopic (exact) mass is 410 g/mol. The Morgan fingerprint density at radius 2 is 1.75 bits per heavy atom. The highest BCUT2D eigenvalue weighted by Crippen LogP contribution is 2.18. The van der Waals surface area contributed by atoms with Gasteiger partial charge in [0, 0.05) is 23.1 Å². The Morgan fingerprint density at radius 1 is 1.08 bits per heavy atom. The third kappa shape index (κ3) is 4.90. The number of hydrogen-bond donors (Lipinski definition) is 2. The van der Waals surface area contributed by atoms with Gasteiger partial charge in [0.1, 0.15) is 0 Å². The molecule has 2 aromatic carbocycles. The van der Waals surface area contributed by atoms with E-state index in [4.69, 9.17) is 0 Å². The molecule has 128 valence electrons. The highest BCUT2D eigenvalue weighted by Gasteiger charge is 2.14. The Hall–Kier alpha value is -1.70. The summed E-state index contributed by atoms with van der Waals surface area (Å²) in [5, 5.41) is 2.80. The molecule has 0 aliphatic heterocycles. The van der Waals surface area contributed by atoms with Crippen LogP contribution in [0.1, 0.15) is 17.5 Å². The van der Waals surface area contributed by atoms with Crippen LogP contribution in [-0.4, -0.2) is 20.9 Å². The van der Waals surface area contributed by atoms with E-state index in [1.807, 2.05) is 32.0 Å². The fraction of sp³-hybridized carbons (Fsp3) is 0.235. The van der Waals surface area contributed by atoms with E-state index in [2.05, 4.69) is 26.0 Å². The van der Waals surface area contributed by atoms with E-state index < -0.39 is 10.0 Å². The van der Waals surface area contributed by atoms with E-state index in [0.29, 0.717) is 0 Å². The number of amides is 1. The molecule has 5 nitrogen and oxygen atoms in total. The van der Waals surface area contributed by atoms with Gasteiger partial charge in [-0.1, -0.05) is 28.1 Å². The number of rotatable bonds is 6. The van der Waals surface area contributed by atoms with Crippen molar-refractivity contribution in [2.24, 2.45) is 0 Å². The molecule has 2 aromatic rings. The number of carbonyl (C=O) groups excluding carboxylic acids is 1. The molecule has 7 heteroatoms. The summed E-state index contributed by atoms with van der Waals surface area (Å²) in [5.41, 5.74) is 2.83. The largest absolute Gasteiger partial charge is 0.326 e. The molecule has 2 N–H and O–H groups in total. The maximum Gasteiger partial charge on any atom is 0.240 e. The van der Waals surface area contributed by atoms with E-state index in [1.165, 1.54) is 12.1 Å². The molecule has 0 heterocycles. The second-order valence-electron chi connectivity index (χ2n) is 5.40. The minimum absolute atomic E-state index is 0.0368. The SMILES string of the molecule is Cc1cccc(NC(=O)CCNS(=O)(=O)c2ccc(Br)cc2)c1C. The Morgan fingerprint density at radius 3 is 2.42 bits per heavy atom. The molecule has 0 atom stereocenters. The van der Waals surface area contributed by atoms with Crippen molar-refractivity contribution in [3.63, 3.8) is 0 Å². The lowest BCUT2D eigenvalue weighted by Crippen LogP contribution is -2.28. The number of hydrogen-bond acceptors (Lipinski definition) is 3. The zero-order chi connectivity index (χ0) is 17.7. The lowest BCUT2D eigenvalue weighted by atomic mass is 10.1. The molecule has 0 saturated carbocycles. The molecule has 0 aliphatic rings. The zero-order valence-electron chi connectivity index (χ0n) is 13.5. The van der Waals surface area contributed by atoms with Gasteiger partial charge in [-0.05, 0) is 55.3 Å². The van der Waals surface area contributed by atoms with Crippen molar-refractivity contribution in [1.82, 2.24) is 4.72 Å². The predicted octanol–water partition coefficient (Wildman–Crippen LogP) is 3.37. The number of aryl methyl sites for hydroxylation is 1. The Labute approximate surface area is 150 Å². The number of benzene rings is 2. The van der Waals surface area contributed by atoms with Gasteiger partial charge in [-0.25, -0.2) is 13.1 Å². The van der Waals surface area contributed by atoms with Crippen LogP contribution in [0, 0.1) is 13.8 Å². The summed E-state index contributed by atoms with van der Waals surface area (Å²) in [5.74, 6) is -0.234. The quantitative estimate of drug-likeness (QED) is 0.766. The molecule has 0 aliphatic carbocycles. The normalized spacial score (nSPS) is 11.3. The van der Waals surface area contributed by atoms with E-state index >= 15 is 0 Å². The van der Waals surface area contributed by atoms with Crippen molar-refractivity contribution in [2.75, 3.05) is 11.9 Å². The van der Waals surface area contributed by atoms with Gasteiger partial charge in [-0.2, -0.15) is 0 Å². The fourth-order valence-corrected chi connectivity index (χ4v) is 3.39. The molecule has 0 bridgehead atoms. The first-order valence-corrected chi connectivity index (χ1v) is 9.68.